The zero-order valence-corrected chi connectivity index (χ0v) is 11.2. The normalized spacial score (nSPS) is 27.1. The number of halogens is 2. The Bertz CT molecular complexity index is 438. The summed E-state index contributed by atoms with van der Waals surface area (Å²) in [6.45, 7) is 3.81. The number of para-hydroxylation sites is 1. The first-order chi connectivity index (χ1) is 8.75. The van der Waals surface area contributed by atoms with Crippen molar-refractivity contribution in [1.29, 1.82) is 0 Å². The number of hydrogen-bond acceptors (Lipinski definition) is 4. The van der Waals surface area contributed by atoms with Crippen molar-refractivity contribution in [1.82, 2.24) is 5.32 Å². The Kier molecular flexibility index (Phi) is 3.41. The van der Waals surface area contributed by atoms with E-state index in [0.29, 0.717) is 11.5 Å². The van der Waals surface area contributed by atoms with E-state index in [4.69, 9.17) is 32.7 Å². The van der Waals surface area contributed by atoms with E-state index in [1.807, 2.05) is 18.2 Å². The largest absolute Gasteiger partial charge is 0.465 e. The highest BCUT2D eigenvalue weighted by Crippen LogP contribution is 2.43. The zero-order valence-electron chi connectivity index (χ0n) is 9.73. The van der Waals surface area contributed by atoms with Crippen LogP contribution in [0, 0.1) is 0 Å². The maximum atomic E-state index is 6.00. The van der Waals surface area contributed by atoms with Crippen LogP contribution in [0.3, 0.4) is 0 Å². The predicted molar refractivity (Wildman–Crippen MR) is 72.1 cm³/mol. The van der Waals surface area contributed by atoms with Crippen molar-refractivity contribution in [3.63, 3.8) is 0 Å². The van der Waals surface area contributed by atoms with Crippen LogP contribution in [0.1, 0.15) is 0 Å². The molecule has 2 heterocycles. The van der Waals surface area contributed by atoms with Crippen molar-refractivity contribution in [2.45, 2.75) is 11.1 Å². The van der Waals surface area contributed by atoms with Gasteiger partial charge in [-0.25, -0.2) is 0 Å². The van der Waals surface area contributed by atoms with Gasteiger partial charge in [-0.2, -0.15) is 0 Å². The Morgan fingerprint density at radius 2 is 1.83 bits per heavy atom. The van der Waals surface area contributed by atoms with E-state index in [1.165, 1.54) is 0 Å². The van der Waals surface area contributed by atoms with Crippen molar-refractivity contribution in [2.24, 2.45) is 0 Å². The summed E-state index contributed by atoms with van der Waals surface area (Å²) in [6.07, 6.45) is 0. The SMILES string of the molecule is ClC1Oc2cccc(N3CCNCC3)c2OC1Cl. The lowest BCUT2D eigenvalue weighted by Crippen LogP contribution is -2.44. The summed E-state index contributed by atoms with van der Waals surface area (Å²) >= 11 is 11.9. The lowest BCUT2D eigenvalue weighted by atomic mass is 10.2. The fourth-order valence-corrected chi connectivity index (χ4v) is 2.50. The smallest absolute Gasteiger partial charge is 0.223 e. The molecule has 4 nitrogen and oxygen atoms in total. The molecule has 0 aliphatic carbocycles. The van der Waals surface area contributed by atoms with Crippen LogP contribution >= 0.6 is 23.2 Å². The summed E-state index contributed by atoms with van der Waals surface area (Å²) in [5, 5.41) is 3.32. The molecule has 1 aromatic rings. The van der Waals surface area contributed by atoms with Gasteiger partial charge in [-0.3, -0.25) is 0 Å². The van der Waals surface area contributed by atoms with Crippen LogP contribution in [0.4, 0.5) is 5.69 Å². The van der Waals surface area contributed by atoms with Gasteiger partial charge in [0.1, 0.15) is 0 Å². The number of nitrogens with one attached hydrogen (secondary N) is 1. The summed E-state index contributed by atoms with van der Waals surface area (Å²) in [6, 6.07) is 5.81. The number of alkyl halides is 2. The standard InChI is InChI=1S/C12H14Cl2N2O2/c13-11-12(14)18-10-8(2-1-3-9(10)17-11)16-6-4-15-5-7-16/h1-3,11-12,15H,4-7H2. The van der Waals surface area contributed by atoms with Crippen molar-refractivity contribution >= 4 is 28.9 Å². The number of hydrogen-bond donors (Lipinski definition) is 1. The van der Waals surface area contributed by atoms with Crippen molar-refractivity contribution in [3.8, 4) is 11.5 Å². The van der Waals surface area contributed by atoms with Crippen molar-refractivity contribution in [3.05, 3.63) is 18.2 Å². The van der Waals surface area contributed by atoms with Gasteiger partial charge >= 0.3 is 0 Å². The molecule has 1 N–H and O–H groups in total. The van der Waals surface area contributed by atoms with Gasteiger partial charge in [-0.15, -0.1) is 0 Å². The number of piperazine rings is 1. The molecule has 98 valence electrons. The Balaban J connectivity index is 1.93. The highest BCUT2D eigenvalue weighted by atomic mass is 35.5. The zero-order chi connectivity index (χ0) is 12.5. The van der Waals surface area contributed by atoms with Crippen LogP contribution in [0.5, 0.6) is 11.5 Å². The van der Waals surface area contributed by atoms with Gasteiger partial charge in [-0.1, -0.05) is 29.3 Å². The number of nitrogens with zero attached hydrogens (tertiary/aromatic N) is 1. The molecule has 0 aromatic heterocycles. The first-order valence-corrected chi connectivity index (χ1v) is 6.83. The molecule has 18 heavy (non-hydrogen) atoms. The highest BCUT2D eigenvalue weighted by molar-refractivity contribution is 6.29. The van der Waals surface area contributed by atoms with Crippen LogP contribution in [0.2, 0.25) is 0 Å². The van der Waals surface area contributed by atoms with Crippen LogP contribution in [0.25, 0.3) is 0 Å². The summed E-state index contributed by atoms with van der Waals surface area (Å²) < 4.78 is 11.2. The Morgan fingerprint density at radius 3 is 2.61 bits per heavy atom. The molecule has 1 fully saturated rings. The minimum absolute atomic E-state index is 0.655. The fraction of sp³-hybridized carbons (Fsp3) is 0.500. The number of fused-ring (bicyclic) bond motifs is 1. The number of rotatable bonds is 1. The van der Waals surface area contributed by atoms with Gasteiger partial charge in [0.2, 0.25) is 11.1 Å². The number of anilines is 1. The Morgan fingerprint density at radius 1 is 1.11 bits per heavy atom. The van der Waals surface area contributed by atoms with Gasteiger partial charge in [0.25, 0.3) is 0 Å². The third-order valence-corrected chi connectivity index (χ3v) is 3.86. The Labute approximate surface area is 116 Å². The molecule has 2 aliphatic heterocycles. The first-order valence-electron chi connectivity index (χ1n) is 5.96. The molecule has 0 amide bonds. The van der Waals surface area contributed by atoms with E-state index >= 15 is 0 Å². The summed E-state index contributed by atoms with van der Waals surface area (Å²) in [5.74, 6) is 1.35. The number of benzene rings is 1. The topological polar surface area (TPSA) is 33.7 Å². The molecule has 2 atom stereocenters. The molecule has 1 saturated heterocycles. The second kappa shape index (κ2) is 5.03. The monoisotopic (exact) mass is 288 g/mol. The van der Waals surface area contributed by atoms with Gasteiger partial charge in [0, 0.05) is 26.2 Å². The maximum absolute atomic E-state index is 6.00. The van der Waals surface area contributed by atoms with E-state index in [2.05, 4.69) is 10.2 Å². The third kappa shape index (κ3) is 2.20. The summed E-state index contributed by atoms with van der Waals surface area (Å²) in [4.78, 5) is 2.26. The highest BCUT2D eigenvalue weighted by Gasteiger charge is 2.31. The van der Waals surface area contributed by atoms with E-state index in [0.717, 1.165) is 31.9 Å². The quantitative estimate of drug-likeness (QED) is 0.802. The van der Waals surface area contributed by atoms with Gasteiger partial charge < -0.3 is 19.7 Å². The minimum atomic E-state index is -0.664. The first kappa shape index (κ1) is 12.2. The lowest BCUT2D eigenvalue weighted by Gasteiger charge is -2.34. The van der Waals surface area contributed by atoms with Crippen molar-refractivity contribution < 1.29 is 9.47 Å². The minimum Gasteiger partial charge on any atom is -0.465 e. The number of ether oxygens (including phenoxy) is 2. The van der Waals surface area contributed by atoms with E-state index in [1.54, 1.807) is 0 Å². The van der Waals surface area contributed by atoms with Crippen LogP contribution in [-0.2, 0) is 0 Å². The van der Waals surface area contributed by atoms with Crippen LogP contribution in [-0.4, -0.2) is 37.3 Å². The summed E-state index contributed by atoms with van der Waals surface area (Å²) in [5.41, 5.74) is -0.302. The second-order valence-electron chi connectivity index (χ2n) is 4.28. The van der Waals surface area contributed by atoms with E-state index in [-0.39, 0.29) is 0 Å². The van der Waals surface area contributed by atoms with Gasteiger partial charge in [0.15, 0.2) is 11.5 Å². The molecular weight excluding hydrogens is 275 g/mol. The average molecular weight is 289 g/mol. The molecule has 0 spiro atoms. The molecule has 3 rings (SSSR count). The van der Waals surface area contributed by atoms with Crippen LogP contribution in [0.15, 0.2) is 18.2 Å². The average Bonchev–Trinajstić information content (AvgIpc) is 2.40. The molecular formula is C12H14Cl2N2O2. The van der Waals surface area contributed by atoms with Gasteiger partial charge in [-0.05, 0) is 12.1 Å². The molecule has 2 unspecified atom stereocenters. The molecule has 0 radical (unpaired) electrons. The van der Waals surface area contributed by atoms with Gasteiger partial charge in [0.05, 0.1) is 5.69 Å². The maximum Gasteiger partial charge on any atom is 0.223 e. The fourth-order valence-electron chi connectivity index (χ4n) is 2.21. The van der Waals surface area contributed by atoms with E-state index < -0.39 is 11.1 Å². The molecule has 6 heteroatoms. The molecule has 2 aliphatic rings. The molecule has 1 aromatic carbocycles. The molecule has 0 bridgehead atoms. The summed E-state index contributed by atoms with van der Waals surface area (Å²) in [7, 11) is 0. The van der Waals surface area contributed by atoms with E-state index in [9.17, 15) is 0 Å². The predicted octanol–water partition coefficient (Wildman–Crippen LogP) is 2.00. The van der Waals surface area contributed by atoms with Crippen molar-refractivity contribution in [2.75, 3.05) is 31.1 Å². The Hall–Kier alpha value is -0.840. The lowest BCUT2D eigenvalue weighted by molar-refractivity contribution is 0.118. The molecule has 0 saturated carbocycles. The second-order valence-corrected chi connectivity index (χ2v) is 5.14. The van der Waals surface area contributed by atoms with Crippen LogP contribution < -0.4 is 19.7 Å². The third-order valence-electron chi connectivity index (χ3n) is 3.09.